The molecule has 0 saturated heterocycles. The topological polar surface area (TPSA) is 27.0 Å². The van der Waals surface area contributed by atoms with Crippen LogP contribution in [0.25, 0.3) is 0 Å². The third-order valence-corrected chi connectivity index (χ3v) is 4.98. The molecule has 1 aromatic carbocycles. The molecule has 0 radical (unpaired) electrons. The zero-order valence-corrected chi connectivity index (χ0v) is 12.0. The Labute approximate surface area is 119 Å². The quantitative estimate of drug-likeness (QED) is 0.685. The molecule has 19 heavy (non-hydrogen) atoms. The molecule has 0 bridgehead atoms. The maximum Gasteiger partial charge on any atom is 0.189 e. The van der Waals surface area contributed by atoms with Crippen LogP contribution in [-0.4, -0.2) is 0 Å². The highest BCUT2D eigenvalue weighted by atomic mass is 32.2. The zero-order valence-electron chi connectivity index (χ0n) is 11.2. The number of hydrogen-bond donors (Lipinski definition) is 0. The summed E-state index contributed by atoms with van der Waals surface area (Å²) in [5.41, 5.74) is 3.52. The lowest BCUT2D eigenvalue weighted by atomic mass is 9.86. The number of aryl methyl sites for hydroxylation is 1. The van der Waals surface area contributed by atoms with Crippen LogP contribution in [-0.2, 0) is 0 Å². The Kier molecular flexibility index (Phi) is 3.52. The Morgan fingerprint density at radius 2 is 2.05 bits per heavy atom. The molecule has 3 heteroatoms. The minimum Gasteiger partial charge on any atom is -0.250 e. The van der Waals surface area contributed by atoms with Crippen LogP contribution < -0.4 is 4.90 Å². The van der Waals surface area contributed by atoms with Gasteiger partial charge in [0.15, 0.2) is 6.19 Å². The second kappa shape index (κ2) is 5.30. The predicted octanol–water partition coefficient (Wildman–Crippen LogP) is 4.81. The van der Waals surface area contributed by atoms with Gasteiger partial charge in [-0.1, -0.05) is 37.1 Å². The van der Waals surface area contributed by atoms with Gasteiger partial charge in [0.1, 0.15) is 0 Å². The van der Waals surface area contributed by atoms with Crippen molar-refractivity contribution in [3.05, 3.63) is 34.9 Å². The van der Waals surface area contributed by atoms with E-state index < -0.39 is 0 Å². The van der Waals surface area contributed by atoms with Crippen LogP contribution in [0.15, 0.2) is 34.2 Å². The van der Waals surface area contributed by atoms with Gasteiger partial charge in [0.25, 0.3) is 0 Å². The third-order valence-electron chi connectivity index (χ3n) is 4.04. The van der Waals surface area contributed by atoms with E-state index in [9.17, 15) is 5.26 Å². The Bertz CT molecular complexity index is 550. The molecule has 0 unspecified atom stereocenters. The molecule has 1 fully saturated rings. The van der Waals surface area contributed by atoms with Crippen molar-refractivity contribution in [2.75, 3.05) is 4.90 Å². The molecule has 1 aliphatic heterocycles. The molecule has 1 aliphatic carbocycles. The predicted molar refractivity (Wildman–Crippen MR) is 79.8 cm³/mol. The molecule has 0 amide bonds. The summed E-state index contributed by atoms with van der Waals surface area (Å²) in [6.45, 7) is 2.10. The van der Waals surface area contributed by atoms with E-state index in [0.29, 0.717) is 5.92 Å². The minimum atomic E-state index is 0.565. The van der Waals surface area contributed by atoms with Gasteiger partial charge in [-0.15, -0.1) is 0 Å². The number of rotatable bonds is 1. The third kappa shape index (κ3) is 2.37. The lowest BCUT2D eigenvalue weighted by Crippen LogP contribution is -2.26. The summed E-state index contributed by atoms with van der Waals surface area (Å²) in [5.74, 6) is 0.565. The summed E-state index contributed by atoms with van der Waals surface area (Å²) in [6, 6.07) is 6.34. The van der Waals surface area contributed by atoms with E-state index in [-0.39, 0.29) is 0 Å². The Hall–Kier alpha value is -1.40. The molecule has 0 N–H and O–H groups in total. The number of nitriles is 1. The van der Waals surface area contributed by atoms with E-state index in [1.807, 2.05) is 4.90 Å². The number of anilines is 1. The second-order valence-corrected chi connectivity index (χ2v) is 6.31. The van der Waals surface area contributed by atoms with Crippen LogP contribution in [0.3, 0.4) is 0 Å². The first-order chi connectivity index (χ1) is 9.29. The maximum absolute atomic E-state index is 9.53. The van der Waals surface area contributed by atoms with Crippen molar-refractivity contribution in [1.82, 2.24) is 0 Å². The summed E-state index contributed by atoms with van der Waals surface area (Å²) in [6.07, 6.45) is 8.78. The molecule has 1 saturated carbocycles. The van der Waals surface area contributed by atoms with Crippen LogP contribution in [0, 0.1) is 24.3 Å². The summed E-state index contributed by atoms with van der Waals surface area (Å²) < 4.78 is 0. The van der Waals surface area contributed by atoms with Gasteiger partial charge in [-0.25, -0.2) is 4.90 Å². The van der Waals surface area contributed by atoms with Crippen molar-refractivity contribution in [2.45, 2.75) is 43.9 Å². The lowest BCUT2D eigenvalue weighted by molar-refractivity contribution is 0.399. The van der Waals surface area contributed by atoms with Crippen molar-refractivity contribution in [3.8, 4) is 6.19 Å². The van der Waals surface area contributed by atoms with Gasteiger partial charge in [0.05, 0.1) is 5.69 Å². The normalized spacial score (nSPS) is 19.6. The Morgan fingerprint density at radius 1 is 1.26 bits per heavy atom. The van der Waals surface area contributed by atoms with E-state index in [1.165, 1.54) is 48.3 Å². The average molecular weight is 270 g/mol. The highest BCUT2D eigenvalue weighted by Gasteiger charge is 2.27. The fourth-order valence-electron chi connectivity index (χ4n) is 3.00. The number of nitrogens with zero attached hydrogens (tertiary/aromatic N) is 2. The van der Waals surface area contributed by atoms with Gasteiger partial charge in [-0.3, -0.25) is 0 Å². The second-order valence-electron chi connectivity index (χ2n) is 5.40. The summed E-state index contributed by atoms with van der Waals surface area (Å²) in [7, 11) is 0. The highest BCUT2D eigenvalue weighted by Crippen LogP contribution is 2.43. The van der Waals surface area contributed by atoms with E-state index in [2.05, 4.69) is 36.7 Å². The summed E-state index contributed by atoms with van der Waals surface area (Å²) in [4.78, 5) is 3.04. The molecule has 1 heterocycles. The molecule has 1 aromatic rings. The minimum absolute atomic E-state index is 0.565. The van der Waals surface area contributed by atoms with Gasteiger partial charge in [0, 0.05) is 16.5 Å². The van der Waals surface area contributed by atoms with Gasteiger partial charge < -0.3 is 0 Å². The first-order valence-electron chi connectivity index (χ1n) is 6.97. The van der Waals surface area contributed by atoms with Gasteiger partial charge >= 0.3 is 0 Å². The van der Waals surface area contributed by atoms with E-state index in [1.54, 1.807) is 11.8 Å². The van der Waals surface area contributed by atoms with Crippen molar-refractivity contribution < 1.29 is 0 Å². The van der Waals surface area contributed by atoms with Crippen LogP contribution in [0.2, 0.25) is 0 Å². The van der Waals surface area contributed by atoms with E-state index in [4.69, 9.17) is 0 Å². The number of allylic oxidation sites excluding steroid dienone is 1. The highest BCUT2D eigenvalue weighted by molar-refractivity contribution is 8.02. The standard InChI is InChI=1S/C16H18N2S/c1-12-7-8-14-16(9-12)19-10-15(18(14)11-17)13-5-3-2-4-6-13/h7-10,13H,2-6H2,1H3. The molecule has 3 rings (SSSR count). The van der Waals surface area contributed by atoms with Crippen molar-refractivity contribution in [3.63, 3.8) is 0 Å². The Balaban J connectivity index is 1.94. The smallest absolute Gasteiger partial charge is 0.189 e. The molecule has 2 aliphatic rings. The van der Waals surface area contributed by atoms with Crippen LogP contribution in [0.4, 0.5) is 5.69 Å². The molecule has 98 valence electrons. The number of fused-ring (bicyclic) bond motifs is 1. The van der Waals surface area contributed by atoms with Gasteiger partial charge in [-0.2, -0.15) is 5.26 Å². The lowest BCUT2D eigenvalue weighted by Gasteiger charge is -2.32. The van der Waals surface area contributed by atoms with Crippen molar-refractivity contribution >= 4 is 17.4 Å². The number of hydrogen-bond acceptors (Lipinski definition) is 3. The SMILES string of the molecule is Cc1ccc2c(c1)SC=C(C1CCCCC1)N2C#N. The van der Waals surface area contributed by atoms with Crippen LogP contribution in [0.5, 0.6) is 0 Å². The fourth-order valence-corrected chi connectivity index (χ4v) is 4.08. The molecule has 0 spiro atoms. The van der Waals surface area contributed by atoms with E-state index >= 15 is 0 Å². The van der Waals surface area contributed by atoms with Crippen LogP contribution in [0.1, 0.15) is 37.7 Å². The number of benzene rings is 1. The molecular formula is C16H18N2S. The average Bonchev–Trinajstić information content (AvgIpc) is 2.46. The Morgan fingerprint density at radius 3 is 2.79 bits per heavy atom. The van der Waals surface area contributed by atoms with Gasteiger partial charge in [0.2, 0.25) is 0 Å². The molecule has 0 atom stereocenters. The van der Waals surface area contributed by atoms with Crippen LogP contribution >= 0.6 is 11.8 Å². The molecule has 0 aromatic heterocycles. The van der Waals surface area contributed by atoms with Crippen molar-refractivity contribution in [2.24, 2.45) is 5.92 Å². The summed E-state index contributed by atoms with van der Waals surface area (Å²) in [5, 5.41) is 11.7. The van der Waals surface area contributed by atoms with Crippen molar-refractivity contribution in [1.29, 1.82) is 5.26 Å². The fraction of sp³-hybridized carbons (Fsp3) is 0.438. The first kappa shape index (κ1) is 12.6. The molecular weight excluding hydrogens is 252 g/mol. The molecule has 2 nitrogen and oxygen atoms in total. The van der Waals surface area contributed by atoms with Gasteiger partial charge in [-0.05, 0) is 42.9 Å². The zero-order chi connectivity index (χ0) is 13.2. The maximum atomic E-state index is 9.53. The first-order valence-corrected chi connectivity index (χ1v) is 7.85. The number of thioether (sulfide) groups is 1. The summed E-state index contributed by atoms with van der Waals surface area (Å²) >= 11 is 1.77. The monoisotopic (exact) mass is 270 g/mol. The largest absolute Gasteiger partial charge is 0.250 e. The van der Waals surface area contributed by atoms with E-state index in [0.717, 1.165) is 5.69 Å².